The van der Waals surface area contributed by atoms with Crippen molar-refractivity contribution in [2.45, 2.75) is 91.5 Å². The summed E-state index contributed by atoms with van der Waals surface area (Å²) in [5.74, 6) is -1.43. The molecular formula is C72H78F2N12O10. The minimum absolute atomic E-state index is 0.0514. The molecule has 0 radical (unpaired) electrons. The van der Waals surface area contributed by atoms with Crippen molar-refractivity contribution in [1.29, 1.82) is 0 Å². The highest BCUT2D eigenvalue weighted by Gasteiger charge is 2.43. The van der Waals surface area contributed by atoms with Crippen LogP contribution < -0.4 is 30.7 Å². The van der Waals surface area contributed by atoms with Gasteiger partial charge in [0.2, 0.25) is 0 Å². The van der Waals surface area contributed by atoms with Gasteiger partial charge in [-0.15, -0.1) is 0 Å². The molecule has 0 unspecified atom stereocenters. The highest BCUT2D eigenvalue weighted by molar-refractivity contribution is 6.20. The van der Waals surface area contributed by atoms with Crippen LogP contribution in [0.5, 0.6) is 0 Å². The van der Waals surface area contributed by atoms with E-state index in [1.165, 1.54) is 55.0 Å². The molecule has 22 nitrogen and oxygen atoms in total. The predicted octanol–water partition coefficient (Wildman–Crippen LogP) is 11.6. The number of aromatic nitrogens is 6. The Labute approximate surface area is 551 Å². The molecule has 4 fully saturated rings. The number of hydrogen-bond acceptors (Lipinski definition) is 16. The molecule has 12 heterocycles. The number of carbonyl (C=O) groups is 4. The average molecular weight is 1310 g/mol. The summed E-state index contributed by atoms with van der Waals surface area (Å²) in [6.45, 7) is 19.6. The van der Waals surface area contributed by atoms with E-state index in [4.69, 9.17) is 28.9 Å². The van der Waals surface area contributed by atoms with Crippen LogP contribution >= 0.6 is 0 Å². The number of hydrogen-bond donors (Lipinski definition) is 2. The molecule has 0 spiro atoms. The maximum Gasteiger partial charge on any atom is 0.414 e. The van der Waals surface area contributed by atoms with Crippen molar-refractivity contribution in [2.75, 3.05) is 100 Å². The minimum Gasteiger partial charge on any atom is -0.462 e. The maximum atomic E-state index is 15.5. The lowest BCUT2D eigenvalue weighted by Gasteiger charge is -2.26. The number of halogens is 2. The van der Waals surface area contributed by atoms with Gasteiger partial charge in [0.1, 0.15) is 45.3 Å². The zero-order valence-electron chi connectivity index (χ0n) is 55.9. The number of anilines is 4. The van der Waals surface area contributed by atoms with E-state index in [1.807, 2.05) is 24.3 Å². The molecule has 4 atom stereocenters. The zero-order valence-corrected chi connectivity index (χ0v) is 55.9. The number of ether oxygens (including phenoxy) is 4. The zero-order chi connectivity index (χ0) is 68.1. The number of H-pyrrole nitrogens is 2. The van der Waals surface area contributed by atoms with E-state index < -0.39 is 58.1 Å². The van der Waals surface area contributed by atoms with E-state index in [0.717, 1.165) is 85.4 Å². The second-order valence-corrected chi connectivity index (χ2v) is 27.5. The molecule has 500 valence electrons. The number of rotatable bonds is 10. The second kappa shape index (κ2) is 24.7. The molecule has 4 aliphatic heterocycles. The van der Waals surface area contributed by atoms with Crippen molar-refractivity contribution < 1.29 is 46.9 Å². The molecule has 4 saturated heterocycles. The summed E-state index contributed by atoms with van der Waals surface area (Å²) in [4.78, 5) is 107. The van der Waals surface area contributed by atoms with Crippen molar-refractivity contribution in [3.05, 3.63) is 141 Å². The maximum absolute atomic E-state index is 15.5. The molecule has 2 aromatic carbocycles. The minimum atomic E-state index is -0.734. The fourth-order valence-corrected chi connectivity index (χ4v) is 14.4. The van der Waals surface area contributed by atoms with Crippen molar-refractivity contribution in [3.8, 4) is 22.3 Å². The SMILES string of the molecule is CCOC(=O)c1ccc2ccc(-c3cnc4[nH]c5c(N(C)C(=O)OC(C)(C)C)cc(F)cc5c4c3N3C[C@@H]4CCN(C)[C@@H]4C3)cn2c1=O.CCOC(=O)c1ccc2ccc(-c3cnc4[nH]c5c(N(C)C(=O)OC(C)(C)C)cc(F)cc5c4c3N3C[C@H]4CCN(C)[C@H]4C3)cn2c1=O. The van der Waals surface area contributed by atoms with Crippen LogP contribution in [-0.4, -0.2) is 167 Å². The van der Waals surface area contributed by atoms with Crippen LogP contribution in [0, 0.1) is 23.5 Å². The van der Waals surface area contributed by atoms with E-state index in [1.54, 1.807) is 106 Å². The van der Waals surface area contributed by atoms with E-state index >= 15 is 8.78 Å². The first-order valence-electron chi connectivity index (χ1n) is 32.5. The molecule has 96 heavy (non-hydrogen) atoms. The standard InChI is InChI=1S/2C36H39FN6O5/c2*1-7-47-34(45)24-11-10-23-9-8-20(18-43(23)33(24)44)26-16-38-32-29(31(26)42-17-21-12-13-40(5)28(21)19-42)25-14-22(37)15-27(30(25)39-32)41(6)35(46)48-36(2,3)4/h2*8-11,14-16,18,21,28H,7,12-13,17,19H2,1-6H3,(H,38,39)/t2*21-,28+/m10/s1. The topological polar surface area (TPSA) is 225 Å². The van der Waals surface area contributed by atoms with Crippen LogP contribution in [0.3, 0.4) is 0 Å². The Hall–Kier alpha value is -9.94. The normalized spacial score (nSPS) is 18.2. The fourth-order valence-electron chi connectivity index (χ4n) is 14.4. The van der Waals surface area contributed by atoms with Gasteiger partial charge in [-0.2, -0.15) is 0 Å². The summed E-state index contributed by atoms with van der Waals surface area (Å²) in [6, 6.07) is 20.2. The largest absolute Gasteiger partial charge is 0.462 e. The molecule has 2 N–H and O–H groups in total. The number of aromatic amines is 2. The van der Waals surface area contributed by atoms with Gasteiger partial charge in [-0.05, 0) is 168 Å². The lowest BCUT2D eigenvalue weighted by molar-refractivity contribution is 0.0514. The number of benzene rings is 2. The Morgan fingerprint density at radius 2 is 0.958 bits per heavy atom. The average Bonchev–Trinajstić information content (AvgIpc) is 1.54. The van der Waals surface area contributed by atoms with Crippen LogP contribution in [0.2, 0.25) is 0 Å². The molecule has 0 saturated carbocycles. The third kappa shape index (κ3) is 11.8. The molecule has 10 aromatic rings. The van der Waals surface area contributed by atoms with Gasteiger partial charge in [-0.25, -0.2) is 37.9 Å². The number of nitrogens with one attached hydrogen (secondary N) is 2. The first-order valence-corrected chi connectivity index (χ1v) is 32.5. The van der Waals surface area contributed by atoms with Crippen LogP contribution in [0.15, 0.2) is 107 Å². The van der Waals surface area contributed by atoms with E-state index in [0.29, 0.717) is 90.6 Å². The third-order valence-electron chi connectivity index (χ3n) is 18.9. The molecule has 2 amide bonds. The smallest absolute Gasteiger partial charge is 0.414 e. The lowest BCUT2D eigenvalue weighted by atomic mass is 10.0. The Kier molecular flexibility index (Phi) is 16.6. The number of pyridine rings is 6. The van der Waals surface area contributed by atoms with Gasteiger partial charge < -0.3 is 48.5 Å². The van der Waals surface area contributed by atoms with Gasteiger partial charge in [0, 0.05) is 121 Å². The Morgan fingerprint density at radius 3 is 1.32 bits per heavy atom. The van der Waals surface area contributed by atoms with E-state index in [9.17, 15) is 28.8 Å². The molecule has 0 bridgehead atoms. The monoisotopic (exact) mass is 1310 g/mol. The Balaban J connectivity index is 0.000000174. The molecular weight excluding hydrogens is 1230 g/mol. The third-order valence-corrected chi connectivity index (χ3v) is 18.9. The summed E-state index contributed by atoms with van der Waals surface area (Å²) in [6.07, 6.45) is 7.90. The molecule has 8 aromatic heterocycles. The molecule has 14 rings (SSSR count). The number of amides is 2. The van der Waals surface area contributed by atoms with Crippen LogP contribution in [0.1, 0.15) is 88.9 Å². The molecule has 24 heteroatoms. The highest BCUT2D eigenvalue weighted by atomic mass is 19.1. The predicted molar refractivity (Wildman–Crippen MR) is 367 cm³/mol. The van der Waals surface area contributed by atoms with Gasteiger partial charge in [-0.1, -0.05) is 12.1 Å². The fraction of sp³-hybridized carbons (Fsp3) is 0.389. The number of nitrogens with zero attached hydrogens (tertiary/aromatic N) is 10. The number of fused-ring (bicyclic) bond motifs is 10. The molecule has 0 aliphatic carbocycles. The Morgan fingerprint density at radius 1 is 0.573 bits per heavy atom. The van der Waals surface area contributed by atoms with Crippen LogP contribution in [0.4, 0.5) is 41.1 Å². The van der Waals surface area contributed by atoms with Crippen molar-refractivity contribution in [3.63, 3.8) is 0 Å². The van der Waals surface area contributed by atoms with Crippen LogP contribution in [0.25, 0.3) is 77.2 Å². The van der Waals surface area contributed by atoms with Crippen molar-refractivity contribution in [2.24, 2.45) is 11.8 Å². The number of esters is 2. The number of likely N-dealkylation sites (N-methyl/N-ethyl adjacent to an activating group) is 2. The summed E-state index contributed by atoms with van der Waals surface area (Å²) in [5.41, 5.74) is 6.19. The number of likely N-dealkylation sites (tertiary alicyclic amines) is 2. The van der Waals surface area contributed by atoms with Crippen molar-refractivity contribution >= 4 is 102 Å². The molecule has 4 aliphatic rings. The van der Waals surface area contributed by atoms with Gasteiger partial charge >= 0.3 is 24.1 Å². The lowest BCUT2D eigenvalue weighted by Crippen LogP contribution is -2.34. The van der Waals surface area contributed by atoms with Gasteiger partial charge in [0.25, 0.3) is 11.1 Å². The van der Waals surface area contributed by atoms with E-state index in [-0.39, 0.29) is 24.3 Å². The summed E-state index contributed by atoms with van der Waals surface area (Å²) >= 11 is 0. The van der Waals surface area contributed by atoms with E-state index in [2.05, 4.69) is 43.7 Å². The van der Waals surface area contributed by atoms with Crippen molar-refractivity contribution in [1.82, 2.24) is 38.5 Å². The van der Waals surface area contributed by atoms with Gasteiger partial charge in [0.05, 0.1) is 57.8 Å². The number of carbonyl (C=O) groups excluding carboxylic acids is 4. The quantitative estimate of drug-likeness (QED) is 0.0959. The summed E-state index contributed by atoms with van der Waals surface area (Å²) in [5, 5.41) is 2.59. The first kappa shape index (κ1) is 64.8. The van der Waals surface area contributed by atoms with Gasteiger partial charge in [-0.3, -0.25) is 28.2 Å². The summed E-state index contributed by atoms with van der Waals surface area (Å²) in [7, 11) is 7.41. The summed E-state index contributed by atoms with van der Waals surface area (Å²) < 4.78 is 55.3. The Bertz CT molecular complexity index is 4640. The second-order valence-electron chi connectivity index (χ2n) is 27.5. The van der Waals surface area contributed by atoms with Gasteiger partial charge in [0.15, 0.2) is 0 Å². The highest BCUT2D eigenvalue weighted by Crippen LogP contribution is 2.48. The van der Waals surface area contributed by atoms with Crippen LogP contribution in [-0.2, 0) is 18.9 Å². The first-order chi connectivity index (χ1) is 45.7.